The number of amides is 1. The van der Waals surface area contributed by atoms with Crippen molar-refractivity contribution >= 4 is 18.1 Å². The quantitative estimate of drug-likeness (QED) is 0.886. The zero-order chi connectivity index (χ0) is 14.1. The Balaban J connectivity index is 0.000000200. The summed E-state index contributed by atoms with van der Waals surface area (Å²) in [5.74, 6) is -0.416. The Bertz CT molecular complexity index is 558. The molecule has 0 aliphatic carbocycles. The fourth-order valence-corrected chi connectivity index (χ4v) is 1.49. The molecule has 0 atom stereocenters. The van der Waals surface area contributed by atoms with E-state index in [0.717, 1.165) is 5.56 Å². The van der Waals surface area contributed by atoms with E-state index in [-0.39, 0.29) is 0 Å². The lowest BCUT2D eigenvalue weighted by atomic mass is 10.1. The molecular weight excluding hydrogens is 234 g/mol. The monoisotopic (exact) mass is 251 g/mol. The third-order valence-electron chi connectivity index (χ3n) is 2.48. The second kappa shape index (κ2) is 7.67. The summed E-state index contributed by atoms with van der Waals surface area (Å²) < 4.78 is 0. The van der Waals surface area contributed by atoms with Gasteiger partial charge in [0.05, 0.1) is 0 Å². The van der Waals surface area contributed by atoms with Gasteiger partial charge < -0.3 is 5.73 Å². The predicted molar refractivity (Wildman–Crippen MR) is 81.6 cm³/mol. The van der Waals surface area contributed by atoms with Gasteiger partial charge in [0.15, 0.2) is 0 Å². The van der Waals surface area contributed by atoms with Gasteiger partial charge in [-0.05, 0) is 17.2 Å². The zero-order valence-corrected chi connectivity index (χ0v) is 10.8. The molecule has 2 N–H and O–H groups in total. The summed E-state index contributed by atoms with van der Waals surface area (Å²) in [7, 11) is 0. The average Bonchev–Trinajstić information content (AvgIpc) is 2.48. The van der Waals surface area contributed by atoms with Crippen LogP contribution in [0.2, 0.25) is 0 Å². The molecule has 0 saturated heterocycles. The van der Waals surface area contributed by atoms with Crippen molar-refractivity contribution in [2.75, 3.05) is 0 Å². The van der Waals surface area contributed by atoms with E-state index in [1.165, 1.54) is 5.56 Å². The molecule has 2 aromatic carbocycles. The first kappa shape index (κ1) is 14.5. The molecule has 2 nitrogen and oxygen atoms in total. The Labute approximate surface area is 113 Å². The average molecular weight is 251 g/mol. The Morgan fingerprint density at radius 3 is 1.89 bits per heavy atom. The standard InChI is InChI=1S/C9H9NO.C8H8/c1-2-7-5-3-4-6-8(7)9(10)11;1-2-8-6-4-3-5-7-8/h2-6H,1H2,(H2,10,11);2-7H,1H2. The molecule has 0 aliphatic heterocycles. The fraction of sp³-hybridized carbons (Fsp3) is 0. The molecule has 0 radical (unpaired) electrons. The van der Waals surface area contributed by atoms with Gasteiger partial charge in [-0.2, -0.15) is 0 Å². The van der Waals surface area contributed by atoms with E-state index in [0.29, 0.717) is 5.56 Å². The highest BCUT2D eigenvalue weighted by Crippen LogP contribution is 2.08. The highest BCUT2D eigenvalue weighted by atomic mass is 16.1. The number of carbonyl (C=O) groups is 1. The molecule has 0 heterocycles. The summed E-state index contributed by atoms with van der Waals surface area (Å²) in [4.78, 5) is 10.8. The first-order chi connectivity index (χ1) is 9.19. The lowest BCUT2D eigenvalue weighted by Crippen LogP contribution is -2.12. The van der Waals surface area contributed by atoms with Crippen LogP contribution in [0, 0.1) is 0 Å². The summed E-state index contributed by atoms with van der Waals surface area (Å²) >= 11 is 0. The minimum atomic E-state index is -0.416. The van der Waals surface area contributed by atoms with Gasteiger partial charge in [-0.15, -0.1) is 0 Å². The number of rotatable bonds is 3. The van der Waals surface area contributed by atoms with Crippen molar-refractivity contribution in [1.29, 1.82) is 0 Å². The number of hydrogen-bond acceptors (Lipinski definition) is 1. The van der Waals surface area contributed by atoms with Gasteiger partial charge in [0.1, 0.15) is 0 Å². The molecule has 0 aromatic heterocycles. The molecule has 2 aromatic rings. The molecule has 0 spiro atoms. The van der Waals surface area contributed by atoms with Crippen molar-refractivity contribution < 1.29 is 4.79 Å². The van der Waals surface area contributed by atoms with E-state index >= 15 is 0 Å². The van der Waals surface area contributed by atoms with Crippen LogP contribution in [0.1, 0.15) is 21.5 Å². The van der Waals surface area contributed by atoms with Gasteiger partial charge in [-0.25, -0.2) is 0 Å². The van der Waals surface area contributed by atoms with Crippen LogP contribution in [0.3, 0.4) is 0 Å². The molecule has 0 bridgehead atoms. The smallest absolute Gasteiger partial charge is 0.249 e. The van der Waals surface area contributed by atoms with Crippen LogP contribution in [-0.4, -0.2) is 5.91 Å². The van der Waals surface area contributed by atoms with Crippen molar-refractivity contribution in [2.24, 2.45) is 5.73 Å². The molecule has 1 amide bonds. The molecule has 19 heavy (non-hydrogen) atoms. The van der Waals surface area contributed by atoms with Crippen LogP contribution >= 0.6 is 0 Å². The van der Waals surface area contributed by atoms with E-state index in [2.05, 4.69) is 13.2 Å². The first-order valence-corrected chi connectivity index (χ1v) is 5.87. The van der Waals surface area contributed by atoms with E-state index in [1.807, 2.05) is 42.5 Å². The number of hydrogen-bond donors (Lipinski definition) is 1. The summed E-state index contributed by atoms with van der Waals surface area (Å²) in [6, 6.07) is 17.1. The van der Waals surface area contributed by atoms with Gasteiger partial charge in [0.25, 0.3) is 0 Å². The number of carbonyl (C=O) groups excluding carboxylic acids is 1. The molecule has 2 heteroatoms. The maximum absolute atomic E-state index is 10.8. The maximum Gasteiger partial charge on any atom is 0.249 e. The number of benzene rings is 2. The lowest BCUT2D eigenvalue weighted by molar-refractivity contribution is 0.1000. The molecule has 2 rings (SSSR count). The summed E-state index contributed by atoms with van der Waals surface area (Å²) in [6.45, 7) is 7.20. The Kier molecular flexibility index (Phi) is 5.83. The second-order valence-corrected chi connectivity index (χ2v) is 3.77. The van der Waals surface area contributed by atoms with Crippen LogP contribution in [-0.2, 0) is 0 Å². The van der Waals surface area contributed by atoms with Crippen LogP contribution in [0.4, 0.5) is 0 Å². The van der Waals surface area contributed by atoms with Crippen molar-refractivity contribution in [1.82, 2.24) is 0 Å². The van der Waals surface area contributed by atoms with Gasteiger partial charge in [0.2, 0.25) is 5.91 Å². The molecule has 0 aliphatic rings. The molecule has 96 valence electrons. The Hall–Kier alpha value is -2.61. The third-order valence-corrected chi connectivity index (χ3v) is 2.48. The van der Waals surface area contributed by atoms with Gasteiger partial charge in [-0.3, -0.25) is 4.79 Å². The fourth-order valence-electron chi connectivity index (χ4n) is 1.49. The van der Waals surface area contributed by atoms with Crippen LogP contribution in [0.25, 0.3) is 12.2 Å². The molecular formula is C17H17NO. The Morgan fingerprint density at radius 2 is 1.47 bits per heavy atom. The van der Waals surface area contributed by atoms with Crippen molar-refractivity contribution in [3.05, 3.63) is 84.4 Å². The third kappa shape index (κ3) is 4.64. The van der Waals surface area contributed by atoms with Crippen molar-refractivity contribution in [2.45, 2.75) is 0 Å². The molecule has 0 fully saturated rings. The van der Waals surface area contributed by atoms with Gasteiger partial charge in [0, 0.05) is 5.56 Å². The topological polar surface area (TPSA) is 43.1 Å². The number of primary amides is 1. The van der Waals surface area contributed by atoms with Crippen molar-refractivity contribution in [3.8, 4) is 0 Å². The second-order valence-electron chi connectivity index (χ2n) is 3.77. The SMILES string of the molecule is C=Cc1ccccc1.C=Cc1ccccc1C(N)=O. The zero-order valence-electron chi connectivity index (χ0n) is 10.8. The largest absolute Gasteiger partial charge is 0.366 e. The molecule has 0 saturated carbocycles. The van der Waals surface area contributed by atoms with E-state index < -0.39 is 5.91 Å². The van der Waals surface area contributed by atoms with Crippen LogP contribution in [0.15, 0.2) is 67.8 Å². The Morgan fingerprint density at radius 1 is 0.895 bits per heavy atom. The van der Waals surface area contributed by atoms with Gasteiger partial charge >= 0.3 is 0 Å². The summed E-state index contributed by atoms with van der Waals surface area (Å²) in [5.41, 5.74) is 7.57. The summed E-state index contributed by atoms with van der Waals surface area (Å²) in [5, 5.41) is 0. The first-order valence-electron chi connectivity index (χ1n) is 5.87. The van der Waals surface area contributed by atoms with E-state index in [4.69, 9.17) is 5.73 Å². The van der Waals surface area contributed by atoms with Gasteiger partial charge in [-0.1, -0.05) is 73.8 Å². The van der Waals surface area contributed by atoms with Crippen molar-refractivity contribution in [3.63, 3.8) is 0 Å². The molecule has 0 unspecified atom stereocenters. The summed E-state index contributed by atoms with van der Waals surface area (Å²) in [6.07, 6.45) is 3.44. The van der Waals surface area contributed by atoms with E-state index in [1.54, 1.807) is 24.3 Å². The van der Waals surface area contributed by atoms with Crippen LogP contribution < -0.4 is 5.73 Å². The minimum absolute atomic E-state index is 0.416. The normalized spacial score (nSPS) is 8.84. The van der Waals surface area contributed by atoms with E-state index in [9.17, 15) is 4.79 Å². The lowest BCUT2D eigenvalue weighted by Gasteiger charge is -1.98. The predicted octanol–water partition coefficient (Wildman–Crippen LogP) is 3.76. The van der Waals surface area contributed by atoms with Crippen LogP contribution in [0.5, 0.6) is 0 Å². The minimum Gasteiger partial charge on any atom is -0.366 e. The maximum atomic E-state index is 10.8. The number of nitrogens with two attached hydrogens (primary N) is 1. The highest BCUT2D eigenvalue weighted by Gasteiger charge is 2.02. The highest BCUT2D eigenvalue weighted by molar-refractivity contribution is 5.96.